The Labute approximate surface area is 96.9 Å². The lowest BCUT2D eigenvalue weighted by molar-refractivity contribution is 0.123. The molecule has 3 unspecified atom stereocenters. The van der Waals surface area contributed by atoms with Gasteiger partial charge in [-0.3, -0.25) is 4.90 Å². The van der Waals surface area contributed by atoms with E-state index in [9.17, 15) is 5.11 Å². The van der Waals surface area contributed by atoms with Gasteiger partial charge in [-0.1, -0.05) is 30.3 Å². The number of aliphatic hydroxyl groups excluding tert-OH is 1. The van der Waals surface area contributed by atoms with Crippen LogP contribution in [0.2, 0.25) is 0 Å². The van der Waals surface area contributed by atoms with Gasteiger partial charge in [0, 0.05) is 25.6 Å². The summed E-state index contributed by atoms with van der Waals surface area (Å²) in [6.45, 7) is 3.30. The Morgan fingerprint density at radius 2 is 1.94 bits per heavy atom. The highest BCUT2D eigenvalue weighted by Gasteiger charge is 2.41. The van der Waals surface area contributed by atoms with Gasteiger partial charge in [0.1, 0.15) is 0 Å². The fraction of sp³-hybridized carbons (Fsp3) is 0.571. The Morgan fingerprint density at radius 1 is 1.12 bits per heavy atom. The first-order valence-electron chi connectivity index (χ1n) is 6.27. The number of rotatable bonds is 2. The summed E-state index contributed by atoms with van der Waals surface area (Å²) in [4.78, 5) is 2.49. The van der Waals surface area contributed by atoms with Crippen LogP contribution in [0.5, 0.6) is 0 Å². The third-order valence-corrected chi connectivity index (χ3v) is 4.14. The lowest BCUT2D eigenvalue weighted by Gasteiger charge is -2.17. The average Bonchev–Trinajstić information content (AvgIpc) is 2.83. The highest BCUT2D eigenvalue weighted by Crippen LogP contribution is 2.38. The predicted octanol–water partition coefficient (Wildman–Crippen LogP) is 1.89. The molecule has 1 aliphatic heterocycles. The average molecular weight is 217 g/mol. The van der Waals surface area contributed by atoms with Crippen LogP contribution in [0.3, 0.4) is 0 Å². The number of likely N-dealkylation sites (tertiary alicyclic amines) is 1. The van der Waals surface area contributed by atoms with Gasteiger partial charge in [-0.25, -0.2) is 0 Å². The maximum atomic E-state index is 9.86. The van der Waals surface area contributed by atoms with Gasteiger partial charge in [-0.05, 0) is 24.3 Å². The molecule has 1 N–H and O–H groups in total. The van der Waals surface area contributed by atoms with Crippen molar-refractivity contribution in [3.05, 3.63) is 35.9 Å². The van der Waals surface area contributed by atoms with E-state index in [1.54, 1.807) is 0 Å². The molecule has 2 aliphatic rings. The van der Waals surface area contributed by atoms with Crippen molar-refractivity contribution in [1.29, 1.82) is 0 Å². The topological polar surface area (TPSA) is 23.5 Å². The molecule has 0 radical (unpaired) electrons. The Balaban J connectivity index is 1.63. The van der Waals surface area contributed by atoms with Crippen molar-refractivity contribution in [2.75, 3.05) is 13.1 Å². The van der Waals surface area contributed by atoms with Crippen LogP contribution in [-0.4, -0.2) is 29.2 Å². The minimum atomic E-state index is -0.0363. The first-order valence-corrected chi connectivity index (χ1v) is 6.27. The number of fused-ring (bicyclic) bond motifs is 1. The standard InChI is InChI=1S/C14H19NO/c16-14-7-6-12-9-15(10-13(12)14)8-11-4-2-1-3-5-11/h1-5,12-14,16H,6-10H2. The fourth-order valence-electron chi connectivity index (χ4n) is 3.30. The van der Waals surface area contributed by atoms with Gasteiger partial charge in [0.15, 0.2) is 0 Å². The van der Waals surface area contributed by atoms with Crippen LogP contribution in [0.4, 0.5) is 0 Å². The highest BCUT2D eigenvalue weighted by molar-refractivity contribution is 5.15. The molecule has 1 heterocycles. The first kappa shape index (κ1) is 10.3. The van der Waals surface area contributed by atoms with E-state index in [0.29, 0.717) is 5.92 Å². The van der Waals surface area contributed by atoms with Gasteiger partial charge in [0.25, 0.3) is 0 Å². The summed E-state index contributed by atoms with van der Waals surface area (Å²) in [5, 5.41) is 9.86. The number of hydrogen-bond acceptors (Lipinski definition) is 2. The molecule has 0 bridgehead atoms. The van der Waals surface area contributed by atoms with E-state index in [-0.39, 0.29) is 6.10 Å². The van der Waals surface area contributed by atoms with E-state index in [4.69, 9.17) is 0 Å². The molecule has 2 fully saturated rings. The highest BCUT2D eigenvalue weighted by atomic mass is 16.3. The molecule has 16 heavy (non-hydrogen) atoms. The Morgan fingerprint density at radius 3 is 2.69 bits per heavy atom. The van der Waals surface area contributed by atoms with E-state index in [1.807, 2.05) is 0 Å². The monoisotopic (exact) mass is 217 g/mol. The van der Waals surface area contributed by atoms with Crippen LogP contribution in [0.15, 0.2) is 30.3 Å². The van der Waals surface area contributed by atoms with Gasteiger partial charge in [0.2, 0.25) is 0 Å². The number of nitrogens with zero attached hydrogens (tertiary/aromatic N) is 1. The Hall–Kier alpha value is -0.860. The van der Waals surface area contributed by atoms with E-state index >= 15 is 0 Å². The summed E-state index contributed by atoms with van der Waals surface area (Å²) in [6, 6.07) is 10.6. The van der Waals surface area contributed by atoms with Crippen LogP contribution in [0.1, 0.15) is 18.4 Å². The summed E-state index contributed by atoms with van der Waals surface area (Å²) in [6.07, 6.45) is 2.21. The minimum Gasteiger partial charge on any atom is -0.393 e. The molecule has 2 heteroatoms. The molecule has 2 nitrogen and oxygen atoms in total. The number of benzene rings is 1. The molecule has 1 aromatic carbocycles. The lowest BCUT2D eigenvalue weighted by Crippen LogP contribution is -2.24. The molecular formula is C14H19NO. The zero-order chi connectivity index (χ0) is 11.0. The van der Waals surface area contributed by atoms with E-state index in [1.165, 1.54) is 18.5 Å². The van der Waals surface area contributed by atoms with Crippen molar-refractivity contribution in [2.24, 2.45) is 11.8 Å². The summed E-state index contributed by atoms with van der Waals surface area (Å²) in [7, 11) is 0. The minimum absolute atomic E-state index is 0.0363. The second-order valence-corrected chi connectivity index (χ2v) is 5.25. The summed E-state index contributed by atoms with van der Waals surface area (Å²) in [5.41, 5.74) is 1.39. The number of aliphatic hydroxyl groups is 1. The van der Waals surface area contributed by atoms with Gasteiger partial charge >= 0.3 is 0 Å². The maximum absolute atomic E-state index is 9.86. The normalized spacial score (nSPS) is 34.2. The van der Waals surface area contributed by atoms with Crippen molar-refractivity contribution in [3.8, 4) is 0 Å². The maximum Gasteiger partial charge on any atom is 0.0583 e. The molecule has 1 aliphatic carbocycles. The third-order valence-electron chi connectivity index (χ3n) is 4.14. The molecule has 0 spiro atoms. The SMILES string of the molecule is OC1CCC2CN(Cc3ccccc3)CC12. The predicted molar refractivity (Wildman–Crippen MR) is 63.9 cm³/mol. The van der Waals surface area contributed by atoms with Crippen LogP contribution >= 0.6 is 0 Å². The molecule has 1 aromatic rings. The Kier molecular flexibility index (Phi) is 2.70. The van der Waals surface area contributed by atoms with Crippen LogP contribution in [-0.2, 0) is 6.54 Å². The van der Waals surface area contributed by atoms with Crippen LogP contribution in [0, 0.1) is 11.8 Å². The first-order chi connectivity index (χ1) is 7.83. The molecule has 3 rings (SSSR count). The zero-order valence-corrected chi connectivity index (χ0v) is 9.55. The quantitative estimate of drug-likeness (QED) is 0.817. The molecule has 0 amide bonds. The third kappa shape index (κ3) is 1.87. The van der Waals surface area contributed by atoms with Crippen molar-refractivity contribution in [2.45, 2.75) is 25.5 Å². The van der Waals surface area contributed by atoms with Crippen LogP contribution < -0.4 is 0 Å². The molecule has 1 saturated carbocycles. The second kappa shape index (κ2) is 4.19. The molecule has 0 aromatic heterocycles. The smallest absolute Gasteiger partial charge is 0.0583 e. The van der Waals surface area contributed by atoms with E-state index in [2.05, 4.69) is 35.2 Å². The Bertz CT molecular complexity index is 351. The van der Waals surface area contributed by atoms with Crippen molar-refractivity contribution in [3.63, 3.8) is 0 Å². The van der Waals surface area contributed by atoms with Crippen molar-refractivity contribution < 1.29 is 5.11 Å². The second-order valence-electron chi connectivity index (χ2n) is 5.25. The molecular weight excluding hydrogens is 198 g/mol. The van der Waals surface area contributed by atoms with Gasteiger partial charge < -0.3 is 5.11 Å². The van der Waals surface area contributed by atoms with Crippen LogP contribution in [0.25, 0.3) is 0 Å². The molecule has 1 saturated heterocycles. The van der Waals surface area contributed by atoms with E-state index < -0.39 is 0 Å². The van der Waals surface area contributed by atoms with Gasteiger partial charge in [-0.15, -0.1) is 0 Å². The van der Waals surface area contributed by atoms with E-state index in [0.717, 1.165) is 25.4 Å². The van der Waals surface area contributed by atoms with Gasteiger partial charge in [0.05, 0.1) is 6.10 Å². The summed E-state index contributed by atoms with van der Waals surface area (Å²) in [5.74, 6) is 1.29. The summed E-state index contributed by atoms with van der Waals surface area (Å²) < 4.78 is 0. The molecule has 86 valence electrons. The fourth-order valence-corrected chi connectivity index (χ4v) is 3.30. The number of hydrogen-bond donors (Lipinski definition) is 1. The lowest BCUT2D eigenvalue weighted by atomic mass is 10.00. The summed E-state index contributed by atoms with van der Waals surface area (Å²) >= 11 is 0. The van der Waals surface area contributed by atoms with Gasteiger partial charge in [-0.2, -0.15) is 0 Å². The van der Waals surface area contributed by atoms with Crippen molar-refractivity contribution in [1.82, 2.24) is 4.90 Å². The molecule has 3 atom stereocenters. The largest absolute Gasteiger partial charge is 0.393 e. The van der Waals surface area contributed by atoms with Crippen molar-refractivity contribution >= 4 is 0 Å². The zero-order valence-electron chi connectivity index (χ0n) is 9.55.